The average Bonchev–Trinajstić information content (AvgIpc) is 2.82. The van der Waals surface area contributed by atoms with Crippen LogP contribution in [0.3, 0.4) is 0 Å². The van der Waals surface area contributed by atoms with Crippen LogP contribution in [0.5, 0.6) is 0 Å². The van der Waals surface area contributed by atoms with Crippen molar-refractivity contribution in [2.75, 3.05) is 13.1 Å². The van der Waals surface area contributed by atoms with E-state index in [1.807, 2.05) is 0 Å². The molecule has 2 aliphatic rings. The van der Waals surface area contributed by atoms with E-state index in [0.29, 0.717) is 17.5 Å². The molecule has 1 atom stereocenters. The van der Waals surface area contributed by atoms with Gasteiger partial charge in [0.25, 0.3) is 17.7 Å². The Morgan fingerprint density at radius 3 is 2.28 bits per heavy atom. The number of nitrogens with zero attached hydrogens (tertiary/aromatic N) is 2. The Hall–Kier alpha value is -3.03. The molecular weight excluding hydrogens is 326 g/mol. The van der Waals surface area contributed by atoms with Gasteiger partial charge in [-0.15, -0.1) is 0 Å². The molecule has 5 amide bonds. The minimum Gasteiger partial charge on any atom is -0.343 e. The molecule has 1 fully saturated rings. The summed E-state index contributed by atoms with van der Waals surface area (Å²) in [5.74, 6) is -2.06. The van der Waals surface area contributed by atoms with Crippen molar-refractivity contribution in [3.8, 4) is 0 Å². The number of benzene rings is 1. The summed E-state index contributed by atoms with van der Waals surface area (Å²) in [5, 5.41) is 2.55. The molecule has 0 bridgehead atoms. The van der Waals surface area contributed by atoms with Crippen molar-refractivity contribution < 1.29 is 24.0 Å². The molecule has 1 N–H and O–H groups in total. The standard InChI is InChI=1S/C17H17N3O5/c1-10(21)20-9-14(22)18-13(17(20)25)7-4-8-19-15(23)11-5-2-3-6-12(11)16(19)24/h2-3,5-6,13H,4,7-9H2,1H3,(H,18,22)/t13-/m1/s1. The van der Waals surface area contributed by atoms with Gasteiger partial charge >= 0.3 is 0 Å². The molecule has 0 spiro atoms. The fourth-order valence-electron chi connectivity index (χ4n) is 3.07. The van der Waals surface area contributed by atoms with E-state index in [1.54, 1.807) is 24.3 Å². The second-order valence-corrected chi connectivity index (χ2v) is 6.01. The predicted molar refractivity (Wildman–Crippen MR) is 85.4 cm³/mol. The van der Waals surface area contributed by atoms with Gasteiger partial charge in [0, 0.05) is 13.5 Å². The molecule has 0 unspecified atom stereocenters. The van der Waals surface area contributed by atoms with E-state index in [1.165, 1.54) is 6.92 Å². The van der Waals surface area contributed by atoms with Crippen LogP contribution in [-0.2, 0) is 14.4 Å². The van der Waals surface area contributed by atoms with Crippen molar-refractivity contribution in [2.45, 2.75) is 25.8 Å². The zero-order chi connectivity index (χ0) is 18.1. The fraction of sp³-hybridized carbons (Fsp3) is 0.353. The largest absolute Gasteiger partial charge is 0.343 e. The third kappa shape index (κ3) is 3.02. The van der Waals surface area contributed by atoms with Gasteiger partial charge in [-0.1, -0.05) is 12.1 Å². The van der Waals surface area contributed by atoms with E-state index in [-0.39, 0.29) is 31.3 Å². The molecule has 2 heterocycles. The van der Waals surface area contributed by atoms with Gasteiger partial charge in [-0.05, 0) is 25.0 Å². The number of nitrogens with one attached hydrogen (secondary N) is 1. The first kappa shape index (κ1) is 16.8. The van der Waals surface area contributed by atoms with Crippen LogP contribution in [0.25, 0.3) is 0 Å². The normalized spacial score (nSPS) is 20.0. The Morgan fingerprint density at radius 1 is 1.12 bits per heavy atom. The minimum atomic E-state index is -0.819. The van der Waals surface area contributed by atoms with Crippen molar-refractivity contribution >= 4 is 29.5 Å². The van der Waals surface area contributed by atoms with Crippen molar-refractivity contribution in [1.29, 1.82) is 0 Å². The number of piperazine rings is 1. The highest BCUT2D eigenvalue weighted by Crippen LogP contribution is 2.23. The van der Waals surface area contributed by atoms with Gasteiger partial charge < -0.3 is 5.32 Å². The van der Waals surface area contributed by atoms with Crippen LogP contribution in [0, 0.1) is 0 Å². The van der Waals surface area contributed by atoms with Crippen molar-refractivity contribution in [3.05, 3.63) is 35.4 Å². The molecule has 8 heteroatoms. The Bertz CT molecular complexity index is 753. The Morgan fingerprint density at radius 2 is 1.72 bits per heavy atom. The van der Waals surface area contributed by atoms with Gasteiger partial charge in [0.1, 0.15) is 12.6 Å². The molecule has 8 nitrogen and oxygen atoms in total. The molecule has 130 valence electrons. The van der Waals surface area contributed by atoms with Crippen LogP contribution in [-0.4, -0.2) is 58.5 Å². The summed E-state index contributed by atoms with van der Waals surface area (Å²) in [5.41, 5.74) is 0.745. The first-order valence-electron chi connectivity index (χ1n) is 7.96. The summed E-state index contributed by atoms with van der Waals surface area (Å²) < 4.78 is 0. The summed E-state index contributed by atoms with van der Waals surface area (Å²) in [6.45, 7) is 1.10. The summed E-state index contributed by atoms with van der Waals surface area (Å²) in [6.07, 6.45) is 0.579. The maximum absolute atomic E-state index is 12.3. The number of imide groups is 2. The van der Waals surface area contributed by atoms with Crippen LogP contribution in [0.4, 0.5) is 0 Å². The molecule has 1 saturated heterocycles. The second kappa shape index (κ2) is 6.46. The molecule has 1 aromatic carbocycles. The van der Waals surface area contributed by atoms with Gasteiger partial charge in [0.05, 0.1) is 11.1 Å². The molecule has 0 aliphatic carbocycles. The molecule has 0 saturated carbocycles. The lowest BCUT2D eigenvalue weighted by molar-refractivity contribution is -0.152. The van der Waals surface area contributed by atoms with Gasteiger partial charge in [-0.25, -0.2) is 0 Å². The predicted octanol–water partition coefficient (Wildman–Crippen LogP) is -0.0637. The third-order valence-corrected chi connectivity index (χ3v) is 4.33. The van der Waals surface area contributed by atoms with E-state index >= 15 is 0 Å². The molecule has 0 aromatic heterocycles. The van der Waals surface area contributed by atoms with Crippen molar-refractivity contribution in [3.63, 3.8) is 0 Å². The van der Waals surface area contributed by atoms with Crippen LogP contribution in [0.1, 0.15) is 40.5 Å². The Kier molecular flexibility index (Phi) is 4.35. The SMILES string of the molecule is CC(=O)N1CC(=O)N[C@H](CCCN2C(=O)c3ccccc3C2=O)C1=O. The van der Waals surface area contributed by atoms with Gasteiger partial charge in [-0.3, -0.25) is 33.8 Å². The second-order valence-electron chi connectivity index (χ2n) is 6.01. The zero-order valence-corrected chi connectivity index (χ0v) is 13.7. The summed E-state index contributed by atoms with van der Waals surface area (Å²) in [7, 11) is 0. The number of hydrogen-bond donors (Lipinski definition) is 1. The Balaban J connectivity index is 1.61. The van der Waals surface area contributed by atoms with Crippen LogP contribution < -0.4 is 5.32 Å². The van der Waals surface area contributed by atoms with Gasteiger partial charge in [0.15, 0.2) is 0 Å². The highest BCUT2D eigenvalue weighted by molar-refractivity contribution is 6.21. The first-order chi connectivity index (χ1) is 11.9. The lowest BCUT2D eigenvalue weighted by Crippen LogP contribution is -2.59. The van der Waals surface area contributed by atoms with Crippen molar-refractivity contribution in [1.82, 2.24) is 15.1 Å². The maximum Gasteiger partial charge on any atom is 0.261 e. The topological polar surface area (TPSA) is 104 Å². The number of amides is 5. The van der Waals surface area contributed by atoms with Crippen LogP contribution >= 0.6 is 0 Å². The molecule has 3 rings (SSSR count). The van der Waals surface area contributed by atoms with E-state index in [2.05, 4.69) is 5.32 Å². The van der Waals surface area contributed by atoms with E-state index < -0.39 is 23.8 Å². The van der Waals surface area contributed by atoms with Gasteiger partial charge in [0.2, 0.25) is 11.8 Å². The number of hydrogen-bond acceptors (Lipinski definition) is 5. The molecule has 0 radical (unpaired) electrons. The molecular formula is C17H17N3O5. The summed E-state index contributed by atoms with van der Waals surface area (Å²) in [4.78, 5) is 61.8. The number of carbonyl (C=O) groups is 5. The average molecular weight is 343 g/mol. The lowest BCUT2D eigenvalue weighted by Gasteiger charge is -2.30. The van der Waals surface area contributed by atoms with Crippen molar-refractivity contribution in [2.24, 2.45) is 0 Å². The minimum absolute atomic E-state index is 0.145. The number of carbonyl (C=O) groups excluding carboxylic acids is 5. The maximum atomic E-state index is 12.3. The molecule has 2 aliphatic heterocycles. The first-order valence-corrected chi connectivity index (χ1v) is 7.96. The zero-order valence-electron chi connectivity index (χ0n) is 13.7. The van der Waals surface area contributed by atoms with Gasteiger partial charge in [-0.2, -0.15) is 0 Å². The Labute approximate surface area is 143 Å². The quantitative estimate of drug-likeness (QED) is 0.771. The van der Waals surface area contributed by atoms with E-state index in [4.69, 9.17) is 0 Å². The monoisotopic (exact) mass is 343 g/mol. The molecule has 25 heavy (non-hydrogen) atoms. The highest BCUT2D eigenvalue weighted by atomic mass is 16.2. The lowest BCUT2D eigenvalue weighted by atomic mass is 10.1. The van der Waals surface area contributed by atoms with E-state index in [9.17, 15) is 24.0 Å². The summed E-state index contributed by atoms with van der Waals surface area (Å²) >= 11 is 0. The third-order valence-electron chi connectivity index (χ3n) is 4.33. The number of rotatable bonds is 4. The highest BCUT2D eigenvalue weighted by Gasteiger charge is 2.37. The van der Waals surface area contributed by atoms with E-state index in [0.717, 1.165) is 9.80 Å². The fourth-order valence-corrected chi connectivity index (χ4v) is 3.07. The summed E-state index contributed by atoms with van der Waals surface area (Å²) in [6, 6.07) is 5.77. The number of fused-ring (bicyclic) bond motifs is 1. The van der Waals surface area contributed by atoms with Crippen LogP contribution in [0.15, 0.2) is 24.3 Å². The molecule has 1 aromatic rings. The smallest absolute Gasteiger partial charge is 0.261 e. The van der Waals surface area contributed by atoms with Crippen LogP contribution in [0.2, 0.25) is 0 Å².